The summed E-state index contributed by atoms with van der Waals surface area (Å²) in [5.74, 6) is 0. The van der Waals surface area contributed by atoms with Gasteiger partial charge in [0.2, 0.25) is 0 Å². The summed E-state index contributed by atoms with van der Waals surface area (Å²) in [5.41, 5.74) is 4.56. The van der Waals surface area contributed by atoms with Crippen LogP contribution in [0.5, 0.6) is 0 Å². The number of hydrogen-bond acceptors (Lipinski definition) is 2. The smallest absolute Gasteiger partial charge is 0.0455 e. The van der Waals surface area contributed by atoms with E-state index in [0.717, 1.165) is 22.8 Å². The molecule has 1 aromatic carbocycles. The van der Waals surface area contributed by atoms with Gasteiger partial charge in [0.25, 0.3) is 0 Å². The quantitative estimate of drug-likeness (QED) is 0.887. The van der Waals surface area contributed by atoms with E-state index >= 15 is 0 Å². The maximum absolute atomic E-state index is 6.07. The van der Waals surface area contributed by atoms with Crippen LogP contribution in [0.1, 0.15) is 16.7 Å². The molecule has 0 radical (unpaired) electrons. The summed E-state index contributed by atoms with van der Waals surface area (Å²) >= 11 is 6.07. The van der Waals surface area contributed by atoms with Crippen molar-refractivity contribution in [3.63, 3.8) is 0 Å². The second-order valence-electron chi connectivity index (χ2n) is 4.12. The topological polar surface area (TPSA) is 24.9 Å². The number of aryl methyl sites for hydroxylation is 2. The Morgan fingerprint density at radius 2 is 2.00 bits per heavy atom. The maximum atomic E-state index is 6.07. The minimum absolute atomic E-state index is 0.763. The summed E-state index contributed by atoms with van der Waals surface area (Å²) in [6.07, 6.45) is 3.69. The molecule has 2 nitrogen and oxygen atoms in total. The molecular weight excluding hydrogens is 232 g/mol. The van der Waals surface area contributed by atoms with Crippen LogP contribution in [0.15, 0.2) is 36.7 Å². The molecule has 1 heterocycles. The number of rotatable bonds is 3. The summed E-state index contributed by atoms with van der Waals surface area (Å²) in [5, 5.41) is 4.14. The molecule has 3 heteroatoms. The fourth-order valence-corrected chi connectivity index (χ4v) is 1.76. The second-order valence-corrected chi connectivity index (χ2v) is 4.53. The molecule has 17 heavy (non-hydrogen) atoms. The van der Waals surface area contributed by atoms with Crippen LogP contribution in [0.3, 0.4) is 0 Å². The molecule has 0 atom stereocenters. The number of hydrogen-bond donors (Lipinski definition) is 1. The van der Waals surface area contributed by atoms with E-state index in [1.54, 1.807) is 0 Å². The standard InChI is InChI=1S/C14H15ClN2/c1-10-5-6-16-8-12(10)9-17-13-4-3-11(2)14(15)7-13/h3-8,17H,9H2,1-2H3. The Morgan fingerprint density at radius 3 is 2.71 bits per heavy atom. The zero-order valence-electron chi connectivity index (χ0n) is 10.00. The molecule has 0 amide bonds. The molecule has 1 N–H and O–H groups in total. The number of pyridine rings is 1. The Kier molecular flexibility index (Phi) is 3.64. The van der Waals surface area contributed by atoms with Crippen LogP contribution in [0.4, 0.5) is 5.69 Å². The molecular formula is C14H15ClN2. The van der Waals surface area contributed by atoms with E-state index in [2.05, 4.69) is 17.2 Å². The van der Waals surface area contributed by atoms with E-state index in [0.29, 0.717) is 0 Å². The van der Waals surface area contributed by atoms with Crippen molar-refractivity contribution in [2.45, 2.75) is 20.4 Å². The number of benzene rings is 1. The zero-order valence-corrected chi connectivity index (χ0v) is 10.8. The van der Waals surface area contributed by atoms with Crippen molar-refractivity contribution in [3.05, 3.63) is 58.4 Å². The van der Waals surface area contributed by atoms with Crippen LogP contribution in [0.2, 0.25) is 5.02 Å². The molecule has 0 unspecified atom stereocenters. The van der Waals surface area contributed by atoms with Gasteiger partial charge in [-0.2, -0.15) is 0 Å². The lowest BCUT2D eigenvalue weighted by atomic mass is 10.1. The van der Waals surface area contributed by atoms with E-state index in [4.69, 9.17) is 11.6 Å². The summed E-state index contributed by atoms with van der Waals surface area (Å²) < 4.78 is 0. The Balaban J connectivity index is 2.08. The van der Waals surface area contributed by atoms with Gasteiger partial charge in [-0.1, -0.05) is 17.7 Å². The Hall–Kier alpha value is -1.54. The van der Waals surface area contributed by atoms with Crippen LogP contribution in [0, 0.1) is 13.8 Å². The lowest BCUT2D eigenvalue weighted by Crippen LogP contribution is -2.01. The Labute approximate surface area is 107 Å². The highest BCUT2D eigenvalue weighted by Crippen LogP contribution is 2.20. The first-order valence-electron chi connectivity index (χ1n) is 5.56. The van der Waals surface area contributed by atoms with E-state index in [1.165, 1.54) is 11.1 Å². The van der Waals surface area contributed by atoms with Gasteiger partial charge < -0.3 is 5.32 Å². The van der Waals surface area contributed by atoms with Crippen LogP contribution >= 0.6 is 11.6 Å². The summed E-state index contributed by atoms with van der Waals surface area (Å²) in [6.45, 7) is 4.84. The molecule has 2 aromatic rings. The summed E-state index contributed by atoms with van der Waals surface area (Å²) in [6, 6.07) is 8.01. The van der Waals surface area contributed by atoms with Crippen molar-refractivity contribution in [2.75, 3.05) is 5.32 Å². The van der Waals surface area contributed by atoms with Crippen molar-refractivity contribution in [1.29, 1.82) is 0 Å². The molecule has 0 bridgehead atoms. The Morgan fingerprint density at radius 1 is 1.18 bits per heavy atom. The van der Waals surface area contributed by atoms with E-state index in [-0.39, 0.29) is 0 Å². The van der Waals surface area contributed by atoms with Gasteiger partial charge in [-0.05, 0) is 48.7 Å². The first-order valence-corrected chi connectivity index (χ1v) is 5.94. The summed E-state index contributed by atoms with van der Waals surface area (Å²) in [4.78, 5) is 4.12. The normalized spacial score (nSPS) is 10.3. The molecule has 0 fully saturated rings. The molecule has 0 aliphatic rings. The van der Waals surface area contributed by atoms with Crippen molar-refractivity contribution in [3.8, 4) is 0 Å². The van der Waals surface area contributed by atoms with Crippen molar-refractivity contribution < 1.29 is 0 Å². The van der Waals surface area contributed by atoms with Gasteiger partial charge in [0.15, 0.2) is 0 Å². The fourth-order valence-electron chi connectivity index (χ4n) is 1.58. The molecule has 0 spiro atoms. The largest absolute Gasteiger partial charge is 0.381 e. The third kappa shape index (κ3) is 2.98. The highest BCUT2D eigenvalue weighted by atomic mass is 35.5. The fraction of sp³-hybridized carbons (Fsp3) is 0.214. The van der Waals surface area contributed by atoms with Crippen LogP contribution in [0.25, 0.3) is 0 Å². The molecule has 0 saturated carbocycles. The molecule has 0 aliphatic heterocycles. The molecule has 1 aromatic heterocycles. The minimum Gasteiger partial charge on any atom is -0.381 e. The van der Waals surface area contributed by atoms with Gasteiger partial charge >= 0.3 is 0 Å². The first kappa shape index (κ1) is 11.9. The highest BCUT2D eigenvalue weighted by Gasteiger charge is 2.00. The third-order valence-electron chi connectivity index (χ3n) is 2.80. The average molecular weight is 247 g/mol. The van der Waals surface area contributed by atoms with Gasteiger partial charge in [0, 0.05) is 29.6 Å². The van der Waals surface area contributed by atoms with Crippen molar-refractivity contribution in [1.82, 2.24) is 4.98 Å². The van der Waals surface area contributed by atoms with Gasteiger partial charge in [-0.25, -0.2) is 0 Å². The summed E-state index contributed by atoms with van der Waals surface area (Å²) in [7, 11) is 0. The predicted octanol–water partition coefficient (Wildman–Crippen LogP) is 3.96. The maximum Gasteiger partial charge on any atom is 0.0455 e. The van der Waals surface area contributed by atoms with Crippen LogP contribution in [-0.2, 0) is 6.54 Å². The first-order chi connectivity index (χ1) is 8.16. The highest BCUT2D eigenvalue weighted by molar-refractivity contribution is 6.31. The molecule has 2 rings (SSSR count). The number of anilines is 1. The third-order valence-corrected chi connectivity index (χ3v) is 3.21. The minimum atomic E-state index is 0.763. The van der Waals surface area contributed by atoms with Gasteiger partial charge in [-0.3, -0.25) is 4.98 Å². The van der Waals surface area contributed by atoms with Gasteiger partial charge in [0.05, 0.1) is 0 Å². The van der Waals surface area contributed by atoms with E-state index < -0.39 is 0 Å². The number of nitrogens with zero attached hydrogens (tertiary/aromatic N) is 1. The number of aromatic nitrogens is 1. The SMILES string of the molecule is Cc1ccc(NCc2cnccc2C)cc1Cl. The lowest BCUT2D eigenvalue weighted by molar-refractivity contribution is 1.08. The molecule has 0 saturated heterocycles. The van der Waals surface area contributed by atoms with Gasteiger partial charge in [-0.15, -0.1) is 0 Å². The monoisotopic (exact) mass is 246 g/mol. The van der Waals surface area contributed by atoms with Crippen LogP contribution < -0.4 is 5.32 Å². The number of nitrogens with one attached hydrogen (secondary N) is 1. The van der Waals surface area contributed by atoms with E-state index in [9.17, 15) is 0 Å². The molecule has 0 aliphatic carbocycles. The van der Waals surface area contributed by atoms with E-state index in [1.807, 2.05) is 43.6 Å². The van der Waals surface area contributed by atoms with Crippen LogP contribution in [-0.4, -0.2) is 4.98 Å². The second kappa shape index (κ2) is 5.19. The van der Waals surface area contributed by atoms with Crippen molar-refractivity contribution >= 4 is 17.3 Å². The zero-order chi connectivity index (χ0) is 12.3. The average Bonchev–Trinajstić information content (AvgIpc) is 2.32. The molecule has 88 valence electrons. The Bertz CT molecular complexity index is 523. The lowest BCUT2D eigenvalue weighted by Gasteiger charge is -2.09. The van der Waals surface area contributed by atoms with Gasteiger partial charge in [0.1, 0.15) is 0 Å². The number of halogens is 1. The van der Waals surface area contributed by atoms with Crippen molar-refractivity contribution in [2.24, 2.45) is 0 Å². The predicted molar refractivity (Wildman–Crippen MR) is 72.5 cm³/mol.